The summed E-state index contributed by atoms with van der Waals surface area (Å²) in [4.78, 5) is 0. The van der Waals surface area contributed by atoms with Crippen molar-refractivity contribution in [2.24, 2.45) is 0 Å². The predicted octanol–water partition coefficient (Wildman–Crippen LogP) is 0.887. The van der Waals surface area contributed by atoms with E-state index in [0.717, 1.165) is 17.5 Å². The van der Waals surface area contributed by atoms with Crippen molar-refractivity contribution in [1.29, 1.82) is 0 Å². The molecule has 7 heteroatoms. The van der Waals surface area contributed by atoms with Crippen LogP contribution in [0.3, 0.4) is 0 Å². The summed E-state index contributed by atoms with van der Waals surface area (Å²) in [5.41, 5.74) is -0.369. The zero-order chi connectivity index (χ0) is 11.5. The summed E-state index contributed by atoms with van der Waals surface area (Å²) in [5, 5.41) is 16.0. The van der Waals surface area contributed by atoms with Gasteiger partial charge in [0.2, 0.25) is 0 Å². The molecule has 1 aromatic heterocycles. The molecule has 1 aromatic rings. The fraction of sp³-hybridized carbons (Fsp3) is 0.778. The molecule has 1 fully saturated rings. The van der Waals surface area contributed by atoms with Crippen LogP contribution in [0.15, 0.2) is 0 Å². The van der Waals surface area contributed by atoms with E-state index in [1.165, 1.54) is 0 Å². The number of aliphatic hydroxyl groups is 1. The fourth-order valence-electron chi connectivity index (χ4n) is 1.82. The van der Waals surface area contributed by atoms with Crippen LogP contribution in [-0.2, 0) is 17.9 Å². The van der Waals surface area contributed by atoms with Crippen LogP contribution in [-0.4, -0.2) is 32.8 Å². The Morgan fingerprint density at radius 1 is 1.56 bits per heavy atom. The number of alkyl halides is 2. The van der Waals surface area contributed by atoms with Gasteiger partial charge in [0.25, 0.3) is 6.43 Å². The first-order valence-electron chi connectivity index (χ1n) is 5.15. The zero-order valence-electron chi connectivity index (χ0n) is 8.64. The molecule has 90 valence electrons. The van der Waals surface area contributed by atoms with Gasteiger partial charge in [-0.1, -0.05) is 5.21 Å². The summed E-state index contributed by atoms with van der Waals surface area (Å²) in [6, 6.07) is 0. The molecular weight excluding hydrogens is 220 g/mol. The number of nitrogens with zero attached hydrogens (tertiary/aromatic N) is 3. The Morgan fingerprint density at radius 3 is 2.94 bits per heavy atom. The standard InChI is InChI=1S/C9H13F2N3O2/c10-9(11)8-7(5-15)12-13-14(8)4-6-2-1-3-16-6/h6,9,15H,1-5H2. The molecule has 1 aliphatic heterocycles. The Kier molecular flexibility index (Phi) is 3.45. The second-order valence-corrected chi connectivity index (χ2v) is 3.70. The summed E-state index contributed by atoms with van der Waals surface area (Å²) in [6.45, 7) is 0.411. The van der Waals surface area contributed by atoms with E-state index in [-0.39, 0.29) is 24.0 Å². The fourth-order valence-corrected chi connectivity index (χ4v) is 1.82. The van der Waals surface area contributed by atoms with Crippen molar-refractivity contribution in [2.75, 3.05) is 6.61 Å². The minimum Gasteiger partial charge on any atom is -0.390 e. The van der Waals surface area contributed by atoms with Gasteiger partial charge < -0.3 is 9.84 Å². The topological polar surface area (TPSA) is 60.2 Å². The Hall–Kier alpha value is -1.08. The van der Waals surface area contributed by atoms with E-state index < -0.39 is 13.0 Å². The molecule has 0 aromatic carbocycles. The largest absolute Gasteiger partial charge is 0.390 e. The van der Waals surface area contributed by atoms with E-state index in [1.807, 2.05) is 0 Å². The van der Waals surface area contributed by atoms with Crippen LogP contribution in [0, 0.1) is 0 Å². The van der Waals surface area contributed by atoms with Crippen LogP contribution in [0.1, 0.15) is 30.7 Å². The van der Waals surface area contributed by atoms with Crippen LogP contribution in [0.5, 0.6) is 0 Å². The number of aliphatic hydroxyl groups excluding tert-OH is 1. The van der Waals surface area contributed by atoms with Gasteiger partial charge in [-0.05, 0) is 12.8 Å². The van der Waals surface area contributed by atoms with Crippen molar-refractivity contribution < 1.29 is 18.6 Å². The highest BCUT2D eigenvalue weighted by Crippen LogP contribution is 2.23. The average Bonchev–Trinajstić information content (AvgIpc) is 2.87. The molecule has 1 aliphatic rings. The van der Waals surface area contributed by atoms with Crippen LogP contribution < -0.4 is 0 Å². The van der Waals surface area contributed by atoms with E-state index in [0.29, 0.717) is 6.61 Å². The summed E-state index contributed by atoms with van der Waals surface area (Å²) < 4.78 is 31.9. The lowest BCUT2D eigenvalue weighted by Gasteiger charge is -2.11. The zero-order valence-corrected chi connectivity index (χ0v) is 8.64. The number of rotatable bonds is 4. The Labute approximate surface area is 91.0 Å². The molecule has 0 saturated carbocycles. The van der Waals surface area contributed by atoms with Gasteiger partial charge in [-0.15, -0.1) is 5.10 Å². The molecule has 1 unspecified atom stereocenters. The molecule has 2 heterocycles. The number of hydrogen-bond donors (Lipinski definition) is 1. The summed E-state index contributed by atoms with van der Waals surface area (Å²) in [5.74, 6) is 0. The maximum Gasteiger partial charge on any atom is 0.282 e. The summed E-state index contributed by atoms with van der Waals surface area (Å²) in [6.07, 6.45) is -0.975. The number of aromatic nitrogens is 3. The van der Waals surface area contributed by atoms with Gasteiger partial charge >= 0.3 is 0 Å². The van der Waals surface area contributed by atoms with E-state index >= 15 is 0 Å². The smallest absolute Gasteiger partial charge is 0.282 e. The molecule has 0 spiro atoms. The maximum absolute atomic E-state index is 12.7. The number of halogens is 2. The molecule has 2 rings (SSSR count). The highest BCUT2D eigenvalue weighted by atomic mass is 19.3. The predicted molar refractivity (Wildman–Crippen MR) is 49.9 cm³/mol. The third-order valence-electron chi connectivity index (χ3n) is 2.60. The third-order valence-corrected chi connectivity index (χ3v) is 2.60. The first-order chi connectivity index (χ1) is 7.72. The van der Waals surface area contributed by atoms with Crippen LogP contribution in [0.25, 0.3) is 0 Å². The Balaban J connectivity index is 2.15. The van der Waals surface area contributed by atoms with Crippen molar-refractivity contribution in [3.63, 3.8) is 0 Å². The highest BCUT2D eigenvalue weighted by molar-refractivity contribution is 5.10. The van der Waals surface area contributed by atoms with Crippen molar-refractivity contribution >= 4 is 0 Å². The molecule has 1 atom stereocenters. The lowest BCUT2D eigenvalue weighted by molar-refractivity contribution is 0.0846. The van der Waals surface area contributed by atoms with Gasteiger partial charge in [0, 0.05) is 6.61 Å². The molecular formula is C9H13F2N3O2. The maximum atomic E-state index is 12.7. The molecule has 0 radical (unpaired) electrons. The number of hydrogen-bond acceptors (Lipinski definition) is 4. The van der Waals surface area contributed by atoms with E-state index in [1.54, 1.807) is 0 Å². The second kappa shape index (κ2) is 4.84. The van der Waals surface area contributed by atoms with Crippen molar-refractivity contribution in [3.05, 3.63) is 11.4 Å². The molecule has 0 amide bonds. The first kappa shape index (κ1) is 11.4. The lowest BCUT2D eigenvalue weighted by Crippen LogP contribution is -2.18. The number of ether oxygens (including phenoxy) is 1. The van der Waals surface area contributed by atoms with Crippen LogP contribution in [0.2, 0.25) is 0 Å². The van der Waals surface area contributed by atoms with Gasteiger partial charge in [-0.3, -0.25) is 0 Å². The minimum absolute atomic E-state index is 0.0620. The molecule has 16 heavy (non-hydrogen) atoms. The quantitative estimate of drug-likeness (QED) is 0.838. The normalized spacial score (nSPS) is 20.9. The third kappa shape index (κ3) is 2.19. The molecule has 1 saturated heterocycles. The highest BCUT2D eigenvalue weighted by Gasteiger charge is 2.24. The molecule has 1 N–H and O–H groups in total. The SMILES string of the molecule is OCc1nnn(CC2CCCO2)c1C(F)F. The summed E-state index contributed by atoms with van der Waals surface area (Å²) >= 11 is 0. The molecule has 5 nitrogen and oxygen atoms in total. The minimum atomic E-state index is -2.68. The molecule has 0 bridgehead atoms. The van der Waals surface area contributed by atoms with Crippen molar-refractivity contribution in [3.8, 4) is 0 Å². The van der Waals surface area contributed by atoms with E-state index in [4.69, 9.17) is 9.84 Å². The average molecular weight is 233 g/mol. The monoisotopic (exact) mass is 233 g/mol. The van der Waals surface area contributed by atoms with Crippen molar-refractivity contribution in [1.82, 2.24) is 15.0 Å². The Bertz CT molecular complexity index is 351. The van der Waals surface area contributed by atoms with Crippen LogP contribution in [0.4, 0.5) is 8.78 Å². The van der Waals surface area contributed by atoms with Crippen LogP contribution >= 0.6 is 0 Å². The lowest BCUT2D eigenvalue weighted by atomic mass is 10.2. The van der Waals surface area contributed by atoms with Gasteiger partial charge in [0.1, 0.15) is 11.4 Å². The summed E-state index contributed by atoms with van der Waals surface area (Å²) in [7, 11) is 0. The molecule has 0 aliphatic carbocycles. The van der Waals surface area contributed by atoms with Gasteiger partial charge in [-0.2, -0.15) is 0 Å². The van der Waals surface area contributed by atoms with E-state index in [9.17, 15) is 8.78 Å². The Morgan fingerprint density at radius 2 is 2.38 bits per heavy atom. The van der Waals surface area contributed by atoms with Gasteiger partial charge in [0.05, 0.1) is 19.3 Å². The van der Waals surface area contributed by atoms with Gasteiger partial charge in [-0.25, -0.2) is 13.5 Å². The second-order valence-electron chi connectivity index (χ2n) is 3.70. The van der Waals surface area contributed by atoms with Crippen molar-refractivity contribution in [2.45, 2.75) is 38.5 Å². The van der Waals surface area contributed by atoms with Gasteiger partial charge in [0.15, 0.2) is 0 Å². The van der Waals surface area contributed by atoms with E-state index in [2.05, 4.69) is 10.3 Å². The first-order valence-corrected chi connectivity index (χ1v) is 5.15.